The van der Waals surface area contributed by atoms with Gasteiger partial charge >= 0.3 is 0 Å². The molecule has 1 aromatic heterocycles. The molecule has 0 bridgehead atoms. The summed E-state index contributed by atoms with van der Waals surface area (Å²) in [6, 6.07) is 6.21. The molecule has 3 heteroatoms. The molecule has 2 nitrogen and oxygen atoms in total. The molecule has 1 aromatic carbocycles. The standard InChI is InChI=1S/C12H14FNO/c1-2-3-10(14)12-7-8-6-9(13)4-5-11(8)15-12/h4-7,10H,2-3,14H2,1H3/t10-/m1/s1. The van der Waals surface area contributed by atoms with Crippen LogP contribution in [0.4, 0.5) is 4.39 Å². The van der Waals surface area contributed by atoms with Gasteiger partial charge in [-0.25, -0.2) is 4.39 Å². The van der Waals surface area contributed by atoms with Crippen molar-refractivity contribution in [1.29, 1.82) is 0 Å². The maximum Gasteiger partial charge on any atom is 0.134 e. The van der Waals surface area contributed by atoms with E-state index in [1.54, 1.807) is 6.07 Å². The first-order valence-corrected chi connectivity index (χ1v) is 5.15. The number of benzene rings is 1. The van der Waals surface area contributed by atoms with E-state index in [1.807, 2.05) is 6.07 Å². The molecule has 0 fully saturated rings. The van der Waals surface area contributed by atoms with Crippen LogP contribution >= 0.6 is 0 Å². The van der Waals surface area contributed by atoms with Gasteiger partial charge in [0.15, 0.2) is 0 Å². The van der Waals surface area contributed by atoms with Gasteiger partial charge in [-0.3, -0.25) is 0 Å². The Bertz CT molecular complexity index is 464. The van der Waals surface area contributed by atoms with Crippen LogP contribution in [-0.4, -0.2) is 0 Å². The summed E-state index contributed by atoms with van der Waals surface area (Å²) < 4.78 is 18.5. The van der Waals surface area contributed by atoms with Crippen LogP contribution in [0.5, 0.6) is 0 Å². The van der Waals surface area contributed by atoms with Crippen LogP contribution in [0.15, 0.2) is 28.7 Å². The van der Waals surface area contributed by atoms with E-state index in [0.717, 1.165) is 24.0 Å². The van der Waals surface area contributed by atoms with Crippen molar-refractivity contribution in [3.05, 3.63) is 35.8 Å². The van der Waals surface area contributed by atoms with Crippen molar-refractivity contribution in [2.24, 2.45) is 5.73 Å². The first-order valence-electron chi connectivity index (χ1n) is 5.15. The highest BCUT2D eigenvalue weighted by atomic mass is 19.1. The lowest BCUT2D eigenvalue weighted by atomic mass is 10.1. The average molecular weight is 207 g/mol. The summed E-state index contributed by atoms with van der Waals surface area (Å²) in [5.74, 6) is 0.483. The Hall–Kier alpha value is -1.35. The molecule has 2 aromatic rings. The Morgan fingerprint density at radius 1 is 1.40 bits per heavy atom. The van der Waals surface area contributed by atoms with E-state index in [2.05, 4.69) is 6.92 Å². The SMILES string of the molecule is CCC[C@@H](N)c1cc2cc(F)ccc2o1. The fraction of sp³-hybridized carbons (Fsp3) is 0.333. The van der Waals surface area contributed by atoms with Crippen LogP contribution < -0.4 is 5.73 Å². The largest absolute Gasteiger partial charge is 0.459 e. The van der Waals surface area contributed by atoms with E-state index in [1.165, 1.54) is 12.1 Å². The highest BCUT2D eigenvalue weighted by Gasteiger charge is 2.11. The number of hydrogen-bond donors (Lipinski definition) is 1. The van der Waals surface area contributed by atoms with E-state index in [-0.39, 0.29) is 11.9 Å². The highest BCUT2D eigenvalue weighted by Crippen LogP contribution is 2.25. The number of nitrogens with two attached hydrogens (primary N) is 1. The normalized spacial score (nSPS) is 13.3. The zero-order chi connectivity index (χ0) is 10.8. The van der Waals surface area contributed by atoms with E-state index < -0.39 is 0 Å². The zero-order valence-corrected chi connectivity index (χ0v) is 8.66. The van der Waals surface area contributed by atoms with Gasteiger partial charge in [0.05, 0.1) is 6.04 Å². The van der Waals surface area contributed by atoms with Gasteiger partial charge in [-0.2, -0.15) is 0 Å². The van der Waals surface area contributed by atoms with Gasteiger partial charge in [-0.1, -0.05) is 13.3 Å². The Kier molecular flexibility index (Phi) is 2.73. The smallest absolute Gasteiger partial charge is 0.134 e. The monoisotopic (exact) mass is 207 g/mol. The van der Waals surface area contributed by atoms with Crippen molar-refractivity contribution >= 4 is 11.0 Å². The predicted molar refractivity (Wildman–Crippen MR) is 58.0 cm³/mol. The number of hydrogen-bond acceptors (Lipinski definition) is 2. The molecular formula is C12H14FNO. The van der Waals surface area contributed by atoms with E-state index in [4.69, 9.17) is 10.2 Å². The number of rotatable bonds is 3. The predicted octanol–water partition coefficient (Wildman–Crippen LogP) is 3.37. The molecule has 0 aliphatic rings. The van der Waals surface area contributed by atoms with E-state index in [0.29, 0.717) is 5.58 Å². The van der Waals surface area contributed by atoms with Crippen molar-refractivity contribution in [3.8, 4) is 0 Å². The lowest BCUT2D eigenvalue weighted by Gasteiger charge is -2.04. The quantitative estimate of drug-likeness (QED) is 0.838. The molecule has 1 heterocycles. The zero-order valence-electron chi connectivity index (χ0n) is 8.66. The van der Waals surface area contributed by atoms with E-state index >= 15 is 0 Å². The summed E-state index contributed by atoms with van der Waals surface area (Å²) in [5, 5.41) is 0.775. The third kappa shape index (κ3) is 2.02. The van der Waals surface area contributed by atoms with Crippen LogP contribution in [0.2, 0.25) is 0 Å². The minimum Gasteiger partial charge on any atom is -0.459 e. The van der Waals surface area contributed by atoms with Gasteiger partial charge < -0.3 is 10.2 Å². The number of halogens is 1. The highest BCUT2D eigenvalue weighted by molar-refractivity contribution is 5.77. The fourth-order valence-electron chi connectivity index (χ4n) is 1.67. The minimum absolute atomic E-state index is 0.0922. The van der Waals surface area contributed by atoms with Gasteiger partial charge in [-0.05, 0) is 30.7 Å². The Morgan fingerprint density at radius 2 is 2.20 bits per heavy atom. The van der Waals surface area contributed by atoms with Crippen molar-refractivity contribution in [2.45, 2.75) is 25.8 Å². The lowest BCUT2D eigenvalue weighted by Crippen LogP contribution is -2.08. The van der Waals surface area contributed by atoms with Crippen LogP contribution in [-0.2, 0) is 0 Å². The molecule has 2 N–H and O–H groups in total. The summed E-state index contributed by atoms with van der Waals surface area (Å²) >= 11 is 0. The molecule has 0 spiro atoms. The summed E-state index contributed by atoms with van der Waals surface area (Å²) in [6.07, 6.45) is 1.88. The molecular weight excluding hydrogens is 193 g/mol. The Morgan fingerprint density at radius 3 is 2.93 bits per heavy atom. The second-order valence-corrected chi connectivity index (χ2v) is 3.73. The third-order valence-corrected chi connectivity index (χ3v) is 2.46. The second kappa shape index (κ2) is 4.03. The molecule has 0 saturated heterocycles. The molecule has 80 valence electrons. The first kappa shape index (κ1) is 10.2. The topological polar surface area (TPSA) is 39.2 Å². The first-order chi connectivity index (χ1) is 7.20. The summed E-state index contributed by atoms with van der Waals surface area (Å²) in [6.45, 7) is 2.07. The van der Waals surface area contributed by atoms with Crippen molar-refractivity contribution in [2.75, 3.05) is 0 Å². The van der Waals surface area contributed by atoms with Gasteiger partial charge in [0.25, 0.3) is 0 Å². The Balaban J connectivity index is 2.38. The molecule has 0 amide bonds. The van der Waals surface area contributed by atoms with Crippen molar-refractivity contribution < 1.29 is 8.81 Å². The molecule has 2 rings (SSSR count). The maximum atomic E-state index is 12.9. The molecule has 0 aliphatic carbocycles. The van der Waals surface area contributed by atoms with Crippen molar-refractivity contribution in [1.82, 2.24) is 0 Å². The van der Waals surface area contributed by atoms with Crippen LogP contribution in [0.3, 0.4) is 0 Å². The third-order valence-electron chi connectivity index (χ3n) is 2.46. The molecule has 0 unspecified atom stereocenters. The number of fused-ring (bicyclic) bond motifs is 1. The summed E-state index contributed by atoms with van der Waals surface area (Å²) in [7, 11) is 0. The van der Waals surface area contributed by atoms with Gasteiger partial charge in [0.1, 0.15) is 17.2 Å². The fourth-order valence-corrected chi connectivity index (χ4v) is 1.67. The van der Waals surface area contributed by atoms with Crippen LogP contribution in [0.1, 0.15) is 31.6 Å². The van der Waals surface area contributed by atoms with Gasteiger partial charge in [0.2, 0.25) is 0 Å². The van der Waals surface area contributed by atoms with Crippen LogP contribution in [0, 0.1) is 5.82 Å². The number of furan rings is 1. The summed E-state index contributed by atoms with van der Waals surface area (Å²) in [5.41, 5.74) is 6.61. The average Bonchev–Trinajstić information content (AvgIpc) is 2.60. The molecule has 1 atom stereocenters. The van der Waals surface area contributed by atoms with Crippen molar-refractivity contribution in [3.63, 3.8) is 0 Å². The second-order valence-electron chi connectivity index (χ2n) is 3.73. The van der Waals surface area contributed by atoms with Gasteiger partial charge in [-0.15, -0.1) is 0 Å². The lowest BCUT2D eigenvalue weighted by molar-refractivity contribution is 0.475. The molecule has 15 heavy (non-hydrogen) atoms. The maximum absolute atomic E-state index is 12.9. The minimum atomic E-state index is -0.251. The Labute approximate surface area is 87.9 Å². The molecule has 0 radical (unpaired) electrons. The molecule has 0 aliphatic heterocycles. The molecule has 0 saturated carbocycles. The van der Waals surface area contributed by atoms with Crippen LogP contribution in [0.25, 0.3) is 11.0 Å². The summed E-state index contributed by atoms with van der Waals surface area (Å²) in [4.78, 5) is 0. The van der Waals surface area contributed by atoms with E-state index in [9.17, 15) is 4.39 Å². The van der Waals surface area contributed by atoms with Gasteiger partial charge in [0, 0.05) is 5.39 Å².